The fourth-order valence-corrected chi connectivity index (χ4v) is 2.86. The maximum absolute atomic E-state index is 12.0. The number of fused-ring (bicyclic) bond motifs is 2. The first-order chi connectivity index (χ1) is 8.33. The number of carbonyl (C=O) groups is 1. The van der Waals surface area contributed by atoms with Gasteiger partial charge in [-0.25, -0.2) is 0 Å². The highest BCUT2D eigenvalue weighted by molar-refractivity contribution is 5.80. The average Bonchev–Trinajstić information content (AvgIpc) is 2.99. The molecule has 3 unspecified atom stereocenters. The Bertz CT molecular complexity index is 408. The van der Waals surface area contributed by atoms with Gasteiger partial charge in [0.1, 0.15) is 0 Å². The molecule has 1 aromatic heterocycles. The van der Waals surface area contributed by atoms with Crippen LogP contribution in [0.25, 0.3) is 0 Å². The lowest BCUT2D eigenvalue weighted by Crippen LogP contribution is -2.37. The van der Waals surface area contributed by atoms with Crippen molar-refractivity contribution in [1.82, 2.24) is 20.8 Å². The second kappa shape index (κ2) is 4.41. The summed E-state index contributed by atoms with van der Waals surface area (Å²) < 4.78 is 0. The molecule has 0 saturated carbocycles. The molecule has 2 aliphatic rings. The van der Waals surface area contributed by atoms with Gasteiger partial charge in [-0.3, -0.25) is 4.79 Å². The quantitative estimate of drug-likeness (QED) is 0.783. The van der Waals surface area contributed by atoms with E-state index in [9.17, 15) is 4.79 Å². The predicted molar refractivity (Wildman–Crippen MR) is 61.9 cm³/mol. The van der Waals surface area contributed by atoms with Gasteiger partial charge in [-0.1, -0.05) is 0 Å². The molecule has 0 radical (unpaired) electrons. The zero-order valence-corrected chi connectivity index (χ0v) is 9.60. The minimum Gasteiger partial charge on any atom is -0.352 e. The first-order valence-corrected chi connectivity index (χ1v) is 6.12. The van der Waals surface area contributed by atoms with E-state index in [-0.39, 0.29) is 11.8 Å². The Labute approximate surface area is 100 Å². The standard InChI is InChI=1S/C12H16N4O/c17-12(10-5-9-1-2-11(10)16-9)13-6-8-3-4-14-15-7-8/h3-4,7,9-11,16H,1-2,5-6H2,(H,13,17). The highest BCUT2D eigenvalue weighted by Gasteiger charge is 2.42. The summed E-state index contributed by atoms with van der Waals surface area (Å²) in [4.78, 5) is 12.0. The van der Waals surface area contributed by atoms with Gasteiger partial charge in [0.05, 0.1) is 12.1 Å². The Morgan fingerprint density at radius 2 is 2.41 bits per heavy atom. The number of nitrogens with zero attached hydrogens (tertiary/aromatic N) is 2. The lowest BCUT2D eigenvalue weighted by atomic mass is 9.88. The van der Waals surface area contributed by atoms with Crippen molar-refractivity contribution in [2.75, 3.05) is 0 Å². The summed E-state index contributed by atoms with van der Waals surface area (Å²) in [6.45, 7) is 0.544. The Balaban J connectivity index is 1.54. The Morgan fingerprint density at radius 1 is 1.47 bits per heavy atom. The first-order valence-electron chi connectivity index (χ1n) is 6.12. The maximum atomic E-state index is 12.0. The number of hydrogen-bond donors (Lipinski definition) is 2. The van der Waals surface area contributed by atoms with Crippen LogP contribution >= 0.6 is 0 Å². The average molecular weight is 232 g/mol. The van der Waals surface area contributed by atoms with Crippen molar-refractivity contribution in [3.05, 3.63) is 24.0 Å². The number of rotatable bonds is 3. The third-order valence-corrected chi connectivity index (χ3v) is 3.75. The minimum absolute atomic E-state index is 0.156. The van der Waals surface area contributed by atoms with Gasteiger partial charge >= 0.3 is 0 Å². The van der Waals surface area contributed by atoms with Crippen molar-refractivity contribution >= 4 is 5.91 Å². The molecule has 3 rings (SSSR count). The van der Waals surface area contributed by atoms with E-state index in [1.807, 2.05) is 6.07 Å². The predicted octanol–water partition coefficient (Wildman–Crippen LogP) is 0.233. The number of hydrogen-bond acceptors (Lipinski definition) is 4. The highest BCUT2D eigenvalue weighted by Crippen LogP contribution is 2.33. The van der Waals surface area contributed by atoms with Gasteiger partial charge in [0.2, 0.25) is 5.91 Å². The van der Waals surface area contributed by atoms with E-state index in [4.69, 9.17) is 0 Å². The molecule has 2 aliphatic heterocycles. The molecule has 3 atom stereocenters. The van der Waals surface area contributed by atoms with Gasteiger partial charge in [0.15, 0.2) is 0 Å². The number of aromatic nitrogens is 2. The van der Waals surface area contributed by atoms with Crippen LogP contribution in [0.15, 0.2) is 18.5 Å². The van der Waals surface area contributed by atoms with Crippen LogP contribution in [0.3, 0.4) is 0 Å². The lowest BCUT2D eigenvalue weighted by Gasteiger charge is -2.19. The van der Waals surface area contributed by atoms with Crippen LogP contribution < -0.4 is 10.6 Å². The third-order valence-electron chi connectivity index (χ3n) is 3.75. The zero-order valence-electron chi connectivity index (χ0n) is 9.60. The van der Waals surface area contributed by atoms with Crippen LogP contribution in [0.4, 0.5) is 0 Å². The van der Waals surface area contributed by atoms with Gasteiger partial charge < -0.3 is 10.6 Å². The van der Waals surface area contributed by atoms with E-state index >= 15 is 0 Å². The topological polar surface area (TPSA) is 66.9 Å². The third kappa shape index (κ3) is 2.15. The van der Waals surface area contributed by atoms with Crippen molar-refractivity contribution in [3.63, 3.8) is 0 Å². The second-order valence-electron chi connectivity index (χ2n) is 4.86. The largest absolute Gasteiger partial charge is 0.352 e. The Hall–Kier alpha value is -1.49. The van der Waals surface area contributed by atoms with Crippen LogP contribution in [0.5, 0.6) is 0 Å². The molecule has 90 valence electrons. The molecule has 1 aromatic rings. The molecule has 0 spiro atoms. The summed E-state index contributed by atoms with van der Waals surface area (Å²) in [5.74, 6) is 0.324. The molecule has 2 saturated heterocycles. The van der Waals surface area contributed by atoms with Gasteiger partial charge in [0.25, 0.3) is 0 Å². The summed E-state index contributed by atoms with van der Waals surface area (Å²) in [5, 5.41) is 13.9. The molecular formula is C12H16N4O. The van der Waals surface area contributed by atoms with E-state index in [1.165, 1.54) is 6.42 Å². The van der Waals surface area contributed by atoms with E-state index < -0.39 is 0 Å². The molecule has 1 amide bonds. The summed E-state index contributed by atoms with van der Waals surface area (Å²) in [7, 11) is 0. The molecule has 2 bridgehead atoms. The Kier molecular flexibility index (Phi) is 2.76. The van der Waals surface area contributed by atoms with Crippen molar-refractivity contribution < 1.29 is 4.79 Å². The summed E-state index contributed by atoms with van der Waals surface area (Å²) >= 11 is 0. The van der Waals surface area contributed by atoms with Crippen LogP contribution in [0, 0.1) is 5.92 Å². The number of nitrogens with one attached hydrogen (secondary N) is 2. The van der Waals surface area contributed by atoms with Crippen LogP contribution in [-0.2, 0) is 11.3 Å². The summed E-state index contributed by atoms with van der Waals surface area (Å²) in [6.07, 6.45) is 6.67. The normalized spacial score (nSPS) is 30.5. The van der Waals surface area contributed by atoms with Gasteiger partial charge in [0, 0.05) is 24.8 Å². The van der Waals surface area contributed by atoms with Crippen molar-refractivity contribution in [2.45, 2.75) is 37.9 Å². The highest BCUT2D eigenvalue weighted by atomic mass is 16.1. The molecule has 17 heavy (non-hydrogen) atoms. The maximum Gasteiger partial charge on any atom is 0.225 e. The molecule has 2 fully saturated rings. The fourth-order valence-electron chi connectivity index (χ4n) is 2.86. The molecule has 3 heterocycles. The van der Waals surface area contributed by atoms with E-state index in [0.717, 1.165) is 18.4 Å². The molecule has 5 heteroatoms. The molecule has 0 aliphatic carbocycles. The van der Waals surface area contributed by atoms with Crippen LogP contribution in [-0.4, -0.2) is 28.2 Å². The van der Waals surface area contributed by atoms with Crippen molar-refractivity contribution in [1.29, 1.82) is 0 Å². The Morgan fingerprint density at radius 3 is 3.06 bits per heavy atom. The van der Waals surface area contributed by atoms with Gasteiger partial charge in [-0.05, 0) is 30.9 Å². The SMILES string of the molecule is O=C(NCc1ccnnc1)C1CC2CCC1N2. The summed E-state index contributed by atoms with van der Waals surface area (Å²) in [6, 6.07) is 2.83. The second-order valence-corrected chi connectivity index (χ2v) is 4.86. The molecule has 0 aromatic carbocycles. The monoisotopic (exact) mass is 232 g/mol. The smallest absolute Gasteiger partial charge is 0.225 e. The summed E-state index contributed by atoms with van der Waals surface area (Å²) in [5.41, 5.74) is 0.990. The fraction of sp³-hybridized carbons (Fsp3) is 0.583. The molecule has 2 N–H and O–H groups in total. The van der Waals surface area contributed by atoms with Crippen LogP contribution in [0.1, 0.15) is 24.8 Å². The van der Waals surface area contributed by atoms with Gasteiger partial charge in [-0.15, -0.1) is 0 Å². The van der Waals surface area contributed by atoms with E-state index in [2.05, 4.69) is 20.8 Å². The van der Waals surface area contributed by atoms with Crippen molar-refractivity contribution in [2.24, 2.45) is 5.92 Å². The minimum atomic E-state index is 0.156. The van der Waals surface area contributed by atoms with Gasteiger partial charge in [-0.2, -0.15) is 10.2 Å². The van der Waals surface area contributed by atoms with Crippen molar-refractivity contribution in [3.8, 4) is 0 Å². The number of carbonyl (C=O) groups excluding carboxylic acids is 1. The van der Waals surface area contributed by atoms with Crippen LogP contribution in [0.2, 0.25) is 0 Å². The van der Waals surface area contributed by atoms with E-state index in [1.54, 1.807) is 12.4 Å². The number of amides is 1. The molecule has 5 nitrogen and oxygen atoms in total. The van der Waals surface area contributed by atoms with E-state index in [0.29, 0.717) is 18.6 Å². The first kappa shape index (κ1) is 10.7. The zero-order chi connectivity index (χ0) is 11.7. The lowest BCUT2D eigenvalue weighted by molar-refractivity contribution is -0.125. The molecular weight excluding hydrogens is 216 g/mol.